The minimum Gasteiger partial charge on any atom is -0.450 e. The lowest BCUT2D eigenvalue weighted by Gasteiger charge is -2.59. The third-order valence-electron chi connectivity index (χ3n) is 6.21. The van der Waals surface area contributed by atoms with Crippen LogP contribution in [-0.4, -0.2) is 43.1 Å². The predicted octanol–water partition coefficient (Wildman–Crippen LogP) is 3.15. The summed E-state index contributed by atoms with van der Waals surface area (Å²) in [5, 5.41) is 2.70. The van der Waals surface area contributed by atoms with Crippen LogP contribution in [0.25, 0.3) is 0 Å². The van der Waals surface area contributed by atoms with Crippen molar-refractivity contribution in [3.8, 4) is 0 Å². The number of hydrogen-bond acceptors (Lipinski definition) is 3. The Morgan fingerprint density at radius 2 is 1.88 bits per heavy atom. The van der Waals surface area contributed by atoms with Crippen LogP contribution in [0.3, 0.4) is 0 Å². The van der Waals surface area contributed by atoms with Crippen LogP contribution in [0.1, 0.15) is 48.3 Å². The summed E-state index contributed by atoms with van der Waals surface area (Å²) in [5.74, 6) is 0.742. The van der Waals surface area contributed by atoms with E-state index in [2.05, 4.69) is 37.4 Å². The van der Waals surface area contributed by atoms with E-state index in [1.807, 2.05) is 4.90 Å². The molecule has 0 bridgehead atoms. The molecule has 1 N–H and O–H groups in total. The molecule has 1 aromatic rings. The smallest absolute Gasteiger partial charge is 0.407 e. The van der Waals surface area contributed by atoms with Gasteiger partial charge in [-0.1, -0.05) is 29.3 Å². The first-order chi connectivity index (χ1) is 12.4. The SMILES string of the molecule is Cc1cc(C)cc(C2CC3(C2)CN(C(=O)[C@@H]2CCCOC(=O)NC2)C3)c1. The fourth-order valence-corrected chi connectivity index (χ4v) is 4.97. The molecule has 3 fully saturated rings. The van der Waals surface area contributed by atoms with Crippen molar-refractivity contribution < 1.29 is 14.3 Å². The van der Waals surface area contributed by atoms with E-state index < -0.39 is 6.09 Å². The van der Waals surface area contributed by atoms with E-state index in [4.69, 9.17) is 4.74 Å². The van der Waals surface area contributed by atoms with Crippen molar-refractivity contribution in [2.24, 2.45) is 11.3 Å². The number of hydrogen-bond donors (Lipinski definition) is 1. The first kappa shape index (κ1) is 17.4. The molecule has 1 aliphatic carbocycles. The molecule has 2 heterocycles. The summed E-state index contributed by atoms with van der Waals surface area (Å²) in [6, 6.07) is 6.84. The van der Waals surface area contributed by atoms with Crippen LogP contribution in [0.15, 0.2) is 18.2 Å². The minimum atomic E-state index is -0.405. The van der Waals surface area contributed by atoms with Gasteiger partial charge in [0, 0.05) is 25.0 Å². The van der Waals surface area contributed by atoms with Gasteiger partial charge < -0.3 is 15.0 Å². The molecule has 2 saturated heterocycles. The molecular weight excluding hydrogens is 328 g/mol. The lowest BCUT2D eigenvalue weighted by molar-refractivity contribution is -0.156. The Morgan fingerprint density at radius 1 is 1.19 bits per heavy atom. The Hall–Kier alpha value is -2.04. The van der Waals surface area contributed by atoms with Gasteiger partial charge in [-0.2, -0.15) is 0 Å². The van der Waals surface area contributed by atoms with Gasteiger partial charge in [0.05, 0.1) is 12.5 Å². The number of carbonyl (C=O) groups is 2. The standard InChI is InChI=1S/C21H28N2O3/c1-14-6-15(2)8-17(7-14)18-9-21(10-18)12-23(13-21)19(24)16-4-3-5-26-20(25)22-11-16/h6-8,16,18H,3-5,9-13H2,1-2H3,(H,22,25)/t16-/m1/s1. The molecule has 1 atom stereocenters. The summed E-state index contributed by atoms with van der Waals surface area (Å²) < 4.78 is 4.97. The predicted molar refractivity (Wildman–Crippen MR) is 99.0 cm³/mol. The zero-order valence-electron chi connectivity index (χ0n) is 15.7. The third-order valence-corrected chi connectivity index (χ3v) is 6.21. The van der Waals surface area contributed by atoms with Crippen LogP contribution in [0, 0.1) is 25.2 Å². The van der Waals surface area contributed by atoms with Gasteiger partial charge >= 0.3 is 6.09 Å². The highest BCUT2D eigenvalue weighted by atomic mass is 16.5. The molecule has 2 aliphatic heterocycles. The monoisotopic (exact) mass is 356 g/mol. The molecule has 5 nitrogen and oxygen atoms in total. The lowest BCUT2D eigenvalue weighted by atomic mass is 9.56. The van der Waals surface area contributed by atoms with E-state index in [-0.39, 0.29) is 11.8 Å². The number of cyclic esters (lactones) is 1. The van der Waals surface area contributed by atoms with E-state index >= 15 is 0 Å². The van der Waals surface area contributed by atoms with E-state index in [9.17, 15) is 9.59 Å². The summed E-state index contributed by atoms with van der Waals surface area (Å²) in [4.78, 5) is 26.1. The van der Waals surface area contributed by atoms with Crippen LogP contribution < -0.4 is 5.32 Å². The van der Waals surface area contributed by atoms with Gasteiger partial charge in [-0.3, -0.25) is 4.79 Å². The second kappa shape index (κ2) is 6.60. The Balaban J connectivity index is 1.30. The fraction of sp³-hybridized carbons (Fsp3) is 0.619. The highest BCUT2D eigenvalue weighted by Gasteiger charge is 2.54. The topological polar surface area (TPSA) is 58.6 Å². The van der Waals surface area contributed by atoms with E-state index in [1.54, 1.807) is 0 Å². The number of rotatable bonds is 2. The highest BCUT2D eigenvalue weighted by Crippen LogP contribution is 2.56. The maximum Gasteiger partial charge on any atom is 0.407 e. The van der Waals surface area contributed by atoms with E-state index in [0.717, 1.165) is 25.9 Å². The van der Waals surface area contributed by atoms with Gasteiger partial charge in [0.1, 0.15) is 0 Å². The van der Waals surface area contributed by atoms with Crippen molar-refractivity contribution in [3.05, 3.63) is 34.9 Å². The van der Waals surface area contributed by atoms with Crippen LogP contribution >= 0.6 is 0 Å². The maximum atomic E-state index is 12.8. The summed E-state index contributed by atoms with van der Waals surface area (Å²) >= 11 is 0. The second-order valence-corrected chi connectivity index (χ2v) is 8.58. The molecule has 1 saturated carbocycles. The number of aryl methyl sites for hydroxylation is 2. The van der Waals surface area contributed by atoms with Crippen LogP contribution in [-0.2, 0) is 9.53 Å². The second-order valence-electron chi connectivity index (χ2n) is 8.58. The third kappa shape index (κ3) is 3.31. The van der Waals surface area contributed by atoms with Crippen molar-refractivity contribution in [2.45, 2.75) is 45.4 Å². The molecule has 2 amide bonds. The fourth-order valence-electron chi connectivity index (χ4n) is 4.97. The Bertz CT molecular complexity index is 696. The summed E-state index contributed by atoms with van der Waals surface area (Å²) in [5.41, 5.74) is 4.47. The average Bonchev–Trinajstić information content (AvgIpc) is 2.47. The Kier molecular flexibility index (Phi) is 4.41. The molecule has 0 aromatic heterocycles. The maximum absolute atomic E-state index is 12.8. The number of ether oxygens (including phenoxy) is 1. The summed E-state index contributed by atoms with van der Waals surface area (Å²) in [6.07, 6.45) is 3.52. The summed E-state index contributed by atoms with van der Waals surface area (Å²) in [6.45, 7) is 6.88. The number of benzene rings is 1. The number of alkyl carbamates (subject to hydrolysis) is 1. The van der Waals surface area contributed by atoms with Crippen LogP contribution in [0.4, 0.5) is 4.79 Å². The molecule has 1 spiro atoms. The van der Waals surface area contributed by atoms with Gasteiger partial charge in [-0.05, 0) is 51.0 Å². The number of carbonyl (C=O) groups excluding carboxylic acids is 2. The highest BCUT2D eigenvalue weighted by molar-refractivity contribution is 5.81. The summed E-state index contributed by atoms with van der Waals surface area (Å²) in [7, 11) is 0. The number of likely N-dealkylation sites (tertiary alicyclic amines) is 1. The van der Waals surface area contributed by atoms with Crippen molar-refractivity contribution in [2.75, 3.05) is 26.2 Å². The largest absolute Gasteiger partial charge is 0.450 e. The quantitative estimate of drug-likeness (QED) is 0.886. The lowest BCUT2D eigenvalue weighted by Crippen LogP contribution is -2.64. The molecule has 3 aliphatic rings. The molecule has 4 rings (SSSR count). The van der Waals surface area contributed by atoms with Crippen LogP contribution in [0.5, 0.6) is 0 Å². The Morgan fingerprint density at radius 3 is 2.58 bits per heavy atom. The van der Waals surface area contributed by atoms with Gasteiger partial charge in [-0.15, -0.1) is 0 Å². The minimum absolute atomic E-state index is 0.101. The number of amides is 2. The van der Waals surface area contributed by atoms with Crippen molar-refractivity contribution in [3.63, 3.8) is 0 Å². The van der Waals surface area contributed by atoms with Gasteiger partial charge in [0.2, 0.25) is 5.91 Å². The normalized spacial score (nSPS) is 25.4. The van der Waals surface area contributed by atoms with E-state index in [1.165, 1.54) is 29.5 Å². The van der Waals surface area contributed by atoms with Gasteiger partial charge in [-0.25, -0.2) is 4.79 Å². The zero-order valence-corrected chi connectivity index (χ0v) is 15.7. The molecule has 5 heteroatoms. The van der Waals surface area contributed by atoms with Crippen molar-refractivity contribution in [1.29, 1.82) is 0 Å². The molecule has 140 valence electrons. The van der Waals surface area contributed by atoms with Crippen molar-refractivity contribution >= 4 is 12.0 Å². The van der Waals surface area contributed by atoms with Gasteiger partial charge in [0.15, 0.2) is 0 Å². The van der Waals surface area contributed by atoms with Crippen molar-refractivity contribution in [1.82, 2.24) is 10.2 Å². The van der Waals surface area contributed by atoms with E-state index in [0.29, 0.717) is 24.5 Å². The zero-order chi connectivity index (χ0) is 18.3. The van der Waals surface area contributed by atoms with Crippen LogP contribution in [0.2, 0.25) is 0 Å². The number of nitrogens with one attached hydrogen (secondary N) is 1. The molecular formula is C21H28N2O3. The molecule has 0 unspecified atom stereocenters. The average molecular weight is 356 g/mol. The molecule has 1 aromatic carbocycles. The number of nitrogens with zero attached hydrogens (tertiary/aromatic N) is 1. The molecule has 26 heavy (non-hydrogen) atoms. The molecule has 0 radical (unpaired) electrons. The Labute approximate surface area is 155 Å². The first-order valence-corrected chi connectivity index (χ1v) is 9.72. The van der Waals surface area contributed by atoms with Gasteiger partial charge in [0.25, 0.3) is 0 Å². The first-order valence-electron chi connectivity index (χ1n) is 9.72.